The first-order valence-corrected chi connectivity index (χ1v) is 30.5. The zero-order chi connectivity index (χ0) is 56.6. The van der Waals surface area contributed by atoms with Crippen LogP contribution in [-0.4, -0.2) is 154 Å². The van der Waals surface area contributed by atoms with Gasteiger partial charge in [-0.15, -0.1) is 21.5 Å². The monoisotopic (exact) mass is 1130 g/mol. The third-order valence-electron chi connectivity index (χ3n) is 18.2. The van der Waals surface area contributed by atoms with Crippen molar-refractivity contribution in [3.05, 3.63) is 102 Å². The quantitative estimate of drug-likeness (QED) is 0.0734. The van der Waals surface area contributed by atoms with Crippen LogP contribution in [0.4, 0.5) is 23.0 Å². The predicted octanol–water partition coefficient (Wildman–Crippen LogP) is 8.64. The van der Waals surface area contributed by atoms with Gasteiger partial charge in [-0.25, -0.2) is 9.97 Å². The molecule has 2 unspecified atom stereocenters. The number of methoxy groups -OCH3 is 1. The molecule has 19 nitrogen and oxygen atoms in total. The number of nitrogens with two attached hydrogens (primary N) is 1. The molecule has 12 rings (SSSR count). The maximum atomic E-state index is 14.6. The maximum Gasteiger partial charge on any atom is 0.243 e. The molecule has 2 aromatic carbocycles. The number of phenolic OH excluding ortho intramolecular Hbond substituents is 1. The summed E-state index contributed by atoms with van der Waals surface area (Å²) in [5.74, 6) is 2.09. The van der Waals surface area contributed by atoms with Gasteiger partial charge in [-0.05, 0) is 99.6 Å². The van der Waals surface area contributed by atoms with Gasteiger partial charge in [0, 0.05) is 120 Å². The number of ether oxygens (including phenoxy) is 3. The number of aromatic hydroxyl groups is 1. The summed E-state index contributed by atoms with van der Waals surface area (Å²) in [4.78, 5) is 50.2. The molecule has 434 valence electrons. The number of amides is 2. The first kappa shape index (κ1) is 55.7. The van der Waals surface area contributed by atoms with Crippen molar-refractivity contribution in [1.29, 1.82) is 0 Å². The molecule has 4 aromatic heterocycles. The number of piperazine rings is 1. The molecule has 0 spiro atoms. The number of thiazole rings is 1. The Morgan fingerprint density at radius 1 is 0.829 bits per heavy atom. The SMILES string of the molecule is CO[C@@H]1C[C@@H](C(=O)N[C@@H](C)c2ccc(-c3scnc3C)cc2)N(C(=O)[C@@H](c2cc(N3CCC(CN4CCC(OC5CC(Oc6cc(N7C8CCC7CN(c7cc(-c9ccccc9O)nnc7N)C8)ccn6)C5)CC4)CC3)no2)C(C)C)C1. The molecule has 4 N–H and O–H groups in total. The second-order valence-corrected chi connectivity index (χ2v) is 24.8. The van der Waals surface area contributed by atoms with Crippen LogP contribution in [0.3, 0.4) is 0 Å². The summed E-state index contributed by atoms with van der Waals surface area (Å²) in [6, 6.07) is 23.2. The van der Waals surface area contributed by atoms with E-state index in [1.165, 1.54) is 0 Å². The molecule has 5 aliphatic heterocycles. The number of hydrogen-bond donors (Lipinski definition) is 3. The summed E-state index contributed by atoms with van der Waals surface area (Å²) >= 11 is 1.61. The van der Waals surface area contributed by atoms with Gasteiger partial charge in [0.2, 0.25) is 17.7 Å². The minimum absolute atomic E-state index is 0.0888. The second kappa shape index (κ2) is 24.1. The molecule has 6 fully saturated rings. The van der Waals surface area contributed by atoms with Crippen molar-refractivity contribution in [2.45, 2.75) is 140 Å². The number of para-hydroxylation sites is 1. The average molecular weight is 1140 g/mol. The molecule has 5 saturated heterocycles. The highest BCUT2D eigenvalue weighted by atomic mass is 32.1. The number of aromatic nitrogens is 5. The van der Waals surface area contributed by atoms with Crippen molar-refractivity contribution < 1.29 is 33.4 Å². The molecule has 0 radical (unpaired) electrons. The van der Waals surface area contributed by atoms with E-state index in [0.717, 1.165) is 136 Å². The van der Waals surface area contributed by atoms with Crippen LogP contribution in [0.15, 0.2) is 89.0 Å². The Morgan fingerprint density at radius 3 is 2.29 bits per heavy atom. The van der Waals surface area contributed by atoms with Gasteiger partial charge in [0.05, 0.1) is 51.8 Å². The van der Waals surface area contributed by atoms with Crippen LogP contribution in [0.25, 0.3) is 21.7 Å². The Labute approximate surface area is 484 Å². The number of phenols is 1. The number of carbonyl (C=O) groups is 2. The number of nitrogens with zero attached hydrogens (tertiary/aromatic N) is 10. The number of likely N-dealkylation sites (tertiary alicyclic amines) is 2. The predicted molar refractivity (Wildman–Crippen MR) is 316 cm³/mol. The van der Waals surface area contributed by atoms with Gasteiger partial charge in [0.15, 0.2) is 17.4 Å². The van der Waals surface area contributed by atoms with Gasteiger partial charge in [-0.2, -0.15) is 0 Å². The third-order valence-corrected chi connectivity index (χ3v) is 19.2. The van der Waals surface area contributed by atoms with Crippen molar-refractivity contribution in [3.8, 4) is 33.3 Å². The number of piperidine rings is 2. The summed E-state index contributed by atoms with van der Waals surface area (Å²) in [7, 11) is 1.64. The summed E-state index contributed by atoms with van der Waals surface area (Å²) in [5, 5.41) is 26.8. The Morgan fingerprint density at radius 2 is 1.59 bits per heavy atom. The first-order chi connectivity index (χ1) is 39.8. The van der Waals surface area contributed by atoms with Crippen LogP contribution in [0.2, 0.25) is 0 Å². The van der Waals surface area contributed by atoms with Crippen molar-refractivity contribution in [2.75, 3.05) is 79.9 Å². The van der Waals surface area contributed by atoms with Crippen molar-refractivity contribution in [1.82, 2.24) is 40.4 Å². The number of nitrogen functional groups attached to an aromatic ring is 1. The number of pyridine rings is 1. The topological polar surface area (TPSA) is 214 Å². The van der Waals surface area contributed by atoms with Gasteiger partial charge in [-0.1, -0.05) is 55.4 Å². The highest BCUT2D eigenvalue weighted by Gasteiger charge is 2.45. The molecule has 2 bridgehead atoms. The number of aryl methyl sites for hydroxylation is 1. The van der Waals surface area contributed by atoms with Crippen LogP contribution in [-0.2, 0) is 19.1 Å². The van der Waals surface area contributed by atoms with E-state index in [4.69, 9.17) is 24.5 Å². The van der Waals surface area contributed by atoms with E-state index < -0.39 is 12.0 Å². The molecule has 20 heteroatoms. The van der Waals surface area contributed by atoms with Crippen LogP contribution in [0, 0.1) is 18.8 Å². The zero-order valence-corrected chi connectivity index (χ0v) is 48.6. The van der Waals surface area contributed by atoms with E-state index in [-0.39, 0.29) is 53.9 Å². The molecule has 6 aliphatic rings. The molecule has 6 atom stereocenters. The van der Waals surface area contributed by atoms with Gasteiger partial charge in [-0.3, -0.25) is 9.59 Å². The largest absolute Gasteiger partial charge is 0.507 e. The van der Waals surface area contributed by atoms with E-state index in [2.05, 4.69) is 74.5 Å². The fraction of sp³-hybridized carbons (Fsp3) is 0.532. The van der Waals surface area contributed by atoms with E-state index in [1.54, 1.807) is 35.5 Å². The molecule has 82 heavy (non-hydrogen) atoms. The standard InChI is InChI=1S/C62H78N12O7S/c1-37(2)58(62(77)73-35-49(78-5)29-53(73)61(76)66-38(3)41-10-12-42(13-11-41)59-39(4)65-36-82-59)55-31-56(69-81-55)71-24-17-40(18-25-71)32-70-22-19-46(20-23-70)79-47-27-48(28-47)80-57-26-43(16-21-64-57)74-44-14-15-45(74)34-72(33-44)52-30-51(67-68-60(52)63)50-8-6-7-9-54(50)75/h6-13,16,21,26,30-31,36-38,40,44-49,53,58,75H,14-15,17-20,22-25,27-29,32-35H2,1-5H3,(H2,63,68)(H,66,76)/t38-,44?,45?,47?,48?,49+,53-,58+/m0/s1. The summed E-state index contributed by atoms with van der Waals surface area (Å²) in [6.45, 7) is 14.9. The lowest BCUT2D eigenvalue weighted by Gasteiger charge is -2.43. The third kappa shape index (κ3) is 11.9. The molecule has 1 saturated carbocycles. The average Bonchev–Trinajstić information content (AvgIpc) is 4.29. The Balaban J connectivity index is 0.568. The van der Waals surface area contributed by atoms with Crippen LogP contribution < -0.4 is 30.5 Å². The maximum absolute atomic E-state index is 14.6. The molecule has 6 aromatic rings. The summed E-state index contributed by atoms with van der Waals surface area (Å²) < 4.78 is 24.9. The fourth-order valence-corrected chi connectivity index (χ4v) is 14.4. The van der Waals surface area contributed by atoms with E-state index in [0.29, 0.717) is 59.7 Å². The lowest BCUT2D eigenvalue weighted by Crippen LogP contribution is -2.54. The molecular weight excluding hydrogens is 1060 g/mol. The number of benzene rings is 2. The highest BCUT2D eigenvalue weighted by molar-refractivity contribution is 7.13. The fourth-order valence-electron chi connectivity index (χ4n) is 13.6. The number of rotatable bonds is 18. The Hall–Kier alpha value is -6.87. The molecule has 2 amide bonds. The zero-order valence-electron chi connectivity index (χ0n) is 47.8. The van der Waals surface area contributed by atoms with Crippen LogP contribution in [0.1, 0.15) is 108 Å². The van der Waals surface area contributed by atoms with Crippen molar-refractivity contribution in [2.24, 2.45) is 11.8 Å². The Kier molecular flexibility index (Phi) is 16.4. The summed E-state index contributed by atoms with van der Waals surface area (Å²) in [6.07, 6.45) is 10.7. The molecule has 9 heterocycles. The Bertz CT molecular complexity index is 3160. The number of nitrogens with one attached hydrogen (secondary N) is 1. The number of fused-ring (bicyclic) bond motifs is 2. The minimum atomic E-state index is -0.671. The van der Waals surface area contributed by atoms with E-state index >= 15 is 0 Å². The van der Waals surface area contributed by atoms with Crippen molar-refractivity contribution >= 4 is 46.2 Å². The van der Waals surface area contributed by atoms with Crippen LogP contribution in [0.5, 0.6) is 11.6 Å². The lowest BCUT2D eigenvalue weighted by molar-refractivity contribution is -0.141. The van der Waals surface area contributed by atoms with E-state index in [1.807, 2.05) is 75.8 Å². The van der Waals surface area contributed by atoms with Crippen molar-refractivity contribution in [3.63, 3.8) is 0 Å². The summed E-state index contributed by atoms with van der Waals surface area (Å²) in [5.41, 5.74) is 14.6. The smallest absolute Gasteiger partial charge is 0.243 e. The highest BCUT2D eigenvalue weighted by Crippen LogP contribution is 2.41. The lowest BCUT2D eigenvalue weighted by atomic mass is 9.91. The van der Waals surface area contributed by atoms with Gasteiger partial charge in [0.25, 0.3) is 0 Å². The van der Waals surface area contributed by atoms with Gasteiger partial charge < -0.3 is 59.4 Å². The van der Waals surface area contributed by atoms with E-state index in [9.17, 15) is 14.7 Å². The normalized spacial score (nSPS) is 24.2. The number of carbonyl (C=O) groups excluding carboxylic acids is 2. The second-order valence-electron chi connectivity index (χ2n) is 24.0. The number of hydrogen-bond acceptors (Lipinski definition) is 18. The minimum Gasteiger partial charge on any atom is -0.507 e. The molecule has 1 aliphatic carbocycles. The first-order valence-electron chi connectivity index (χ1n) is 29.6. The number of anilines is 4. The van der Waals surface area contributed by atoms with Gasteiger partial charge >= 0.3 is 0 Å². The molecular formula is C62H78N12O7S. The van der Waals surface area contributed by atoms with Gasteiger partial charge in [0.1, 0.15) is 23.8 Å². The van der Waals surface area contributed by atoms with Crippen LogP contribution >= 0.6 is 11.3 Å².